The number of nitrogens with one attached hydrogen (secondary N) is 1. The van der Waals surface area contributed by atoms with Crippen LogP contribution in [0.15, 0.2) is 64.3 Å². The number of carbonyl (C=O) groups is 2. The van der Waals surface area contributed by atoms with Gasteiger partial charge in [0.2, 0.25) is 0 Å². The molecule has 1 unspecified atom stereocenters. The van der Waals surface area contributed by atoms with Crippen molar-refractivity contribution in [3.63, 3.8) is 0 Å². The number of aryl methyl sites for hydroxylation is 3. The van der Waals surface area contributed by atoms with Crippen molar-refractivity contribution in [1.29, 1.82) is 0 Å². The Morgan fingerprint density at radius 1 is 0.943 bits per heavy atom. The van der Waals surface area contributed by atoms with Gasteiger partial charge in [-0.25, -0.2) is 14.4 Å². The predicted octanol–water partition coefficient (Wildman–Crippen LogP) is 2.83. The lowest BCUT2D eigenvalue weighted by atomic mass is 10.1. The predicted molar refractivity (Wildman–Crippen MR) is 126 cm³/mol. The van der Waals surface area contributed by atoms with Crippen molar-refractivity contribution in [3.05, 3.63) is 103 Å². The summed E-state index contributed by atoms with van der Waals surface area (Å²) < 4.78 is 18.4. The maximum Gasteiger partial charge on any atom is 0.338 e. The summed E-state index contributed by atoms with van der Waals surface area (Å²) in [5.74, 6) is -1.10. The van der Waals surface area contributed by atoms with Gasteiger partial charge >= 0.3 is 17.6 Å². The first kappa shape index (κ1) is 24.2. The van der Waals surface area contributed by atoms with Gasteiger partial charge in [0.25, 0.3) is 5.56 Å². The van der Waals surface area contributed by atoms with Gasteiger partial charge in [0, 0.05) is 18.2 Å². The van der Waals surface area contributed by atoms with Gasteiger partial charge in [-0.05, 0) is 45.0 Å². The Bertz CT molecular complexity index is 1340. The first-order chi connectivity index (χ1) is 16.7. The Hall–Kier alpha value is -3.98. The fourth-order valence-electron chi connectivity index (χ4n) is 3.77. The highest BCUT2D eigenvalue weighted by atomic mass is 16.6. The van der Waals surface area contributed by atoms with Gasteiger partial charge in [-0.15, -0.1) is 0 Å². The average Bonchev–Trinajstić information content (AvgIpc) is 3.22. The number of esters is 2. The number of hydrogen-bond acceptors (Lipinski definition) is 7. The molecule has 1 aliphatic heterocycles. The van der Waals surface area contributed by atoms with Crippen molar-refractivity contribution in [2.24, 2.45) is 0 Å². The molecular weight excluding hydrogens is 452 g/mol. The van der Waals surface area contributed by atoms with E-state index < -0.39 is 41.6 Å². The van der Waals surface area contributed by atoms with E-state index in [0.717, 1.165) is 11.1 Å². The third-order valence-corrected chi connectivity index (χ3v) is 5.85. The maximum absolute atomic E-state index is 12.8. The van der Waals surface area contributed by atoms with Crippen molar-refractivity contribution in [2.75, 3.05) is 6.61 Å². The molecule has 0 aliphatic carbocycles. The molecule has 2 heterocycles. The van der Waals surface area contributed by atoms with Gasteiger partial charge in [0.05, 0.1) is 11.1 Å². The zero-order chi connectivity index (χ0) is 25.1. The summed E-state index contributed by atoms with van der Waals surface area (Å²) in [6.07, 6.45) is -0.903. The summed E-state index contributed by atoms with van der Waals surface area (Å²) in [5, 5.41) is 0. The first-order valence-corrected chi connectivity index (χ1v) is 11.2. The molecule has 0 amide bonds. The Labute approximate surface area is 201 Å². The van der Waals surface area contributed by atoms with Crippen LogP contribution in [0.1, 0.15) is 50.1 Å². The van der Waals surface area contributed by atoms with Gasteiger partial charge in [-0.3, -0.25) is 14.3 Å². The second-order valence-electron chi connectivity index (χ2n) is 8.62. The lowest BCUT2D eigenvalue weighted by Gasteiger charge is -2.19. The van der Waals surface area contributed by atoms with Crippen LogP contribution in [-0.2, 0) is 14.2 Å². The van der Waals surface area contributed by atoms with Crippen molar-refractivity contribution >= 4 is 11.9 Å². The van der Waals surface area contributed by atoms with Crippen LogP contribution in [0, 0.1) is 20.8 Å². The summed E-state index contributed by atoms with van der Waals surface area (Å²) in [7, 11) is 0. The third kappa shape index (κ3) is 5.58. The Kier molecular flexibility index (Phi) is 6.97. The normalized spacial score (nSPS) is 19.3. The quantitative estimate of drug-likeness (QED) is 0.542. The largest absolute Gasteiger partial charge is 0.459 e. The standard InChI is InChI=1S/C26H26N2O7/c1-15-4-8-18(9-5-15)24(30)33-14-21-20(35-25(31)19-10-6-16(2)7-11-19)12-22(34-21)28-13-17(3)23(29)27-26(28)32/h4-11,13,20-22H,12,14H2,1-3H3,(H,27,29,32)/t20?,21-,22-/m0/s1. The van der Waals surface area contributed by atoms with Crippen LogP contribution in [0.4, 0.5) is 0 Å². The summed E-state index contributed by atoms with van der Waals surface area (Å²) in [4.78, 5) is 51.6. The SMILES string of the molecule is Cc1ccc(C(=O)OC[C@@H]2O[C@H](n3cc(C)c(=O)[nH]c3=O)CC2OC(=O)c2ccc(C)cc2)cc1. The van der Waals surface area contributed by atoms with Gasteiger partial charge in [0.1, 0.15) is 25.0 Å². The van der Waals surface area contributed by atoms with E-state index in [1.807, 2.05) is 13.8 Å². The van der Waals surface area contributed by atoms with Gasteiger partial charge < -0.3 is 14.2 Å². The number of rotatable bonds is 6. The first-order valence-electron chi connectivity index (χ1n) is 11.2. The lowest BCUT2D eigenvalue weighted by molar-refractivity contribution is -0.0582. The van der Waals surface area contributed by atoms with Crippen molar-refractivity contribution in [3.8, 4) is 0 Å². The van der Waals surface area contributed by atoms with Crippen molar-refractivity contribution in [2.45, 2.75) is 45.6 Å². The fourth-order valence-corrected chi connectivity index (χ4v) is 3.77. The molecule has 35 heavy (non-hydrogen) atoms. The summed E-state index contributed by atoms with van der Waals surface area (Å²) >= 11 is 0. The number of aromatic amines is 1. The van der Waals surface area contributed by atoms with Gasteiger partial charge in [0.15, 0.2) is 0 Å². The molecule has 1 fully saturated rings. The molecule has 2 aromatic carbocycles. The molecular formula is C26H26N2O7. The zero-order valence-electron chi connectivity index (χ0n) is 19.6. The van der Waals surface area contributed by atoms with Crippen LogP contribution in [0.2, 0.25) is 0 Å². The van der Waals surface area contributed by atoms with E-state index in [1.165, 1.54) is 10.8 Å². The molecule has 0 saturated carbocycles. The monoisotopic (exact) mass is 478 g/mol. The summed E-state index contributed by atoms with van der Waals surface area (Å²) in [6.45, 7) is 5.20. The van der Waals surface area contributed by atoms with Gasteiger partial charge in [-0.1, -0.05) is 35.4 Å². The van der Waals surface area contributed by atoms with Crippen LogP contribution in [0.5, 0.6) is 0 Å². The molecule has 4 rings (SSSR count). The Morgan fingerprint density at radius 3 is 2.11 bits per heavy atom. The topological polar surface area (TPSA) is 117 Å². The lowest BCUT2D eigenvalue weighted by Crippen LogP contribution is -2.33. The second kappa shape index (κ2) is 10.1. The highest BCUT2D eigenvalue weighted by Gasteiger charge is 2.40. The van der Waals surface area contributed by atoms with Crippen molar-refractivity contribution < 1.29 is 23.8 Å². The molecule has 3 atom stereocenters. The van der Waals surface area contributed by atoms with Crippen molar-refractivity contribution in [1.82, 2.24) is 9.55 Å². The van der Waals surface area contributed by atoms with E-state index in [0.29, 0.717) is 16.7 Å². The van der Waals surface area contributed by atoms with E-state index in [4.69, 9.17) is 14.2 Å². The zero-order valence-corrected chi connectivity index (χ0v) is 19.6. The minimum atomic E-state index is -0.822. The molecule has 9 nitrogen and oxygen atoms in total. The number of hydrogen-bond donors (Lipinski definition) is 1. The molecule has 0 radical (unpaired) electrons. The number of aromatic nitrogens is 2. The Balaban J connectivity index is 1.53. The maximum atomic E-state index is 12.8. The number of carbonyl (C=O) groups excluding carboxylic acids is 2. The Morgan fingerprint density at radius 2 is 1.51 bits per heavy atom. The van der Waals surface area contributed by atoms with Crippen LogP contribution < -0.4 is 11.2 Å². The van der Waals surface area contributed by atoms with Crippen LogP contribution in [0.3, 0.4) is 0 Å². The summed E-state index contributed by atoms with van der Waals surface area (Å²) in [6, 6.07) is 13.8. The van der Waals surface area contributed by atoms with Crippen LogP contribution in [0.25, 0.3) is 0 Å². The molecule has 1 saturated heterocycles. The molecule has 3 aromatic rings. The van der Waals surface area contributed by atoms with E-state index in [2.05, 4.69) is 4.98 Å². The van der Waals surface area contributed by atoms with Crippen LogP contribution >= 0.6 is 0 Å². The second-order valence-corrected chi connectivity index (χ2v) is 8.62. The highest BCUT2D eigenvalue weighted by molar-refractivity contribution is 5.90. The van der Waals surface area contributed by atoms with E-state index >= 15 is 0 Å². The third-order valence-electron chi connectivity index (χ3n) is 5.85. The molecule has 0 bridgehead atoms. The minimum Gasteiger partial charge on any atom is -0.459 e. The van der Waals surface area contributed by atoms with E-state index in [9.17, 15) is 19.2 Å². The van der Waals surface area contributed by atoms with Gasteiger partial charge in [-0.2, -0.15) is 0 Å². The smallest absolute Gasteiger partial charge is 0.338 e. The molecule has 1 N–H and O–H groups in total. The molecule has 9 heteroatoms. The minimum absolute atomic E-state index is 0.135. The number of H-pyrrole nitrogens is 1. The fraction of sp³-hybridized carbons (Fsp3) is 0.308. The average molecular weight is 479 g/mol. The number of nitrogens with zero attached hydrogens (tertiary/aromatic N) is 1. The highest BCUT2D eigenvalue weighted by Crippen LogP contribution is 2.31. The van der Waals surface area contributed by atoms with E-state index in [-0.39, 0.29) is 13.0 Å². The summed E-state index contributed by atoms with van der Waals surface area (Å²) in [5.41, 5.74) is 1.95. The molecule has 1 aliphatic rings. The molecule has 0 spiro atoms. The molecule has 1 aromatic heterocycles. The number of benzene rings is 2. The van der Waals surface area contributed by atoms with Crippen LogP contribution in [-0.4, -0.2) is 40.3 Å². The number of ether oxygens (including phenoxy) is 3. The van der Waals surface area contributed by atoms with E-state index in [1.54, 1.807) is 55.5 Å². The molecule has 182 valence electrons.